The molecule has 2 aromatic carbocycles. The summed E-state index contributed by atoms with van der Waals surface area (Å²) >= 11 is 1.92. The van der Waals surface area contributed by atoms with E-state index in [9.17, 15) is 0 Å². The first kappa shape index (κ1) is 12.6. The number of rotatable bonds is 4. The minimum absolute atomic E-state index is 0.520. The third kappa shape index (κ3) is 2.94. The molecule has 19 heavy (non-hydrogen) atoms. The van der Waals surface area contributed by atoms with Crippen LogP contribution < -0.4 is 10.5 Å². The Bertz CT molecular complexity index is 528. The Labute approximate surface area is 118 Å². The lowest BCUT2D eigenvalue weighted by molar-refractivity contribution is 0.317. The molecule has 1 aliphatic rings. The number of hydrogen-bond acceptors (Lipinski definition) is 3. The van der Waals surface area contributed by atoms with E-state index < -0.39 is 0 Å². The van der Waals surface area contributed by atoms with Crippen molar-refractivity contribution in [1.29, 1.82) is 0 Å². The van der Waals surface area contributed by atoms with Gasteiger partial charge in [-0.05, 0) is 35.7 Å². The SMILES string of the molecule is NCc1ccc(OCC2Cc3ccccc3S2)cc1. The van der Waals surface area contributed by atoms with Crippen molar-refractivity contribution in [2.45, 2.75) is 23.1 Å². The zero-order valence-corrected chi connectivity index (χ0v) is 11.5. The zero-order chi connectivity index (χ0) is 13.1. The minimum atomic E-state index is 0.520. The molecule has 1 aliphatic heterocycles. The summed E-state index contributed by atoms with van der Waals surface area (Å²) in [4.78, 5) is 1.40. The highest BCUT2D eigenvalue weighted by Crippen LogP contribution is 2.36. The number of nitrogens with two attached hydrogens (primary N) is 1. The summed E-state index contributed by atoms with van der Waals surface area (Å²) < 4.78 is 5.86. The summed E-state index contributed by atoms with van der Waals surface area (Å²) in [6.45, 7) is 1.33. The van der Waals surface area contributed by atoms with Gasteiger partial charge in [0.15, 0.2) is 0 Å². The summed E-state index contributed by atoms with van der Waals surface area (Å²) in [5.74, 6) is 0.925. The van der Waals surface area contributed by atoms with Gasteiger partial charge in [0.1, 0.15) is 12.4 Å². The first-order chi connectivity index (χ1) is 9.35. The van der Waals surface area contributed by atoms with Gasteiger partial charge in [0.25, 0.3) is 0 Å². The molecule has 3 rings (SSSR count). The average Bonchev–Trinajstić information content (AvgIpc) is 2.88. The van der Waals surface area contributed by atoms with Crippen LogP contribution in [0.4, 0.5) is 0 Å². The summed E-state index contributed by atoms with van der Waals surface area (Å²) in [5.41, 5.74) is 8.16. The maximum Gasteiger partial charge on any atom is 0.119 e. The molecule has 0 saturated heterocycles. The summed E-state index contributed by atoms with van der Waals surface area (Å²) in [5, 5.41) is 0.520. The van der Waals surface area contributed by atoms with Gasteiger partial charge in [-0.15, -0.1) is 11.8 Å². The highest BCUT2D eigenvalue weighted by Gasteiger charge is 2.22. The molecular formula is C16H17NOS. The van der Waals surface area contributed by atoms with Gasteiger partial charge in [-0.2, -0.15) is 0 Å². The normalized spacial score (nSPS) is 17.2. The molecular weight excluding hydrogens is 254 g/mol. The molecule has 98 valence electrons. The lowest BCUT2D eigenvalue weighted by atomic mass is 10.1. The van der Waals surface area contributed by atoms with Crippen molar-refractivity contribution in [2.24, 2.45) is 5.73 Å². The van der Waals surface area contributed by atoms with Gasteiger partial charge < -0.3 is 10.5 Å². The summed E-state index contributed by atoms with van der Waals surface area (Å²) in [6.07, 6.45) is 1.10. The maximum absolute atomic E-state index is 5.86. The molecule has 0 aromatic heterocycles. The number of ether oxygens (including phenoxy) is 1. The molecule has 0 amide bonds. The molecule has 0 bridgehead atoms. The molecule has 2 N–H and O–H groups in total. The maximum atomic E-state index is 5.86. The second-order valence-corrected chi connectivity index (χ2v) is 6.05. The van der Waals surface area contributed by atoms with E-state index in [-0.39, 0.29) is 0 Å². The largest absolute Gasteiger partial charge is 0.492 e. The third-order valence-corrected chi connectivity index (χ3v) is 4.60. The second kappa shape index (κ2) is 5.68. The van der Waals surface area contributed by atoms with Crippen LogP contribution in [0.1, 0.15) is 11.1 Å². The van der Waals surface area contributed by atoms with E-state index in [2.05, 4.69) is 24.3 Å². The van der Waals surface area contributed by atoms with E-state index in [0.717, 1.165) is 24.3 Å². The fourth-order valence-electron chi connectivity index (χ4n) is 2.26. The first-order valence-corrected chi connectivity index (χ1v) is 7.39. The van der Waals surface area contributed by atoms with Crippen LogP contribution in [0.15, 0.2) is 53.4 Å². The molecule has 2 nitrogen and oxygen atoms in total. The molecule has 1 unspecified atom stereocenters. The van der Waals surface area contributed by atoms with E-state index in [4.69, 9.17) is 10.5 Å². The van der Waals surface area contributed by atoms with Crippen LogP contribution in [0.25, 0.3) is 0 Å². The Morgan fingerprint density at radius 1 is 1.11 bits per heavy atom. The molecule has 0 aliphatic carbocycles. The van der Waals surface area contributed by atoms with Gasteiger partial charge in [0.05, 0.1) is 0 Å². The smallest absolute Gasteiger partial charge is 0.119 e. The van der Waals surface area contributed by atoms with Gasteiger partial charge in [0, 0.05) is 16.7 Å². The van der Waals surface area contributed by atoms with Crippen LogP contribution in [0, 0.1) is 0 Å². The molecule has 0 fully saturated rings. The predicted octanol–water partition coefficient (Wildman–Crippen LogP) is 3.24. The number of hydrogen-bond donors (Lipinski definition) is 1. The van der Waals surface area contributed by atoms with Gasteiger partial charge in [-0.1, -0.05) is 30.3 Å². The Hall–Kier alpha value is -1.45. The van der Waals surface area contributed by atoms with Gasteiger partial charge in [-0.3, -0.25) is 0 Å². The molecule has 2 aromatic rings. The number of thioether (sulfide) groups is 1. The van der Waals surface area contributed by atoms with E-state index in [0.29, 0.717) is 11.8 Å². The zero-order valence-electron chi connectivity index (χ0n) is 10.7. The minimum Gasteiger partial charge on any atom is -0.492 e. The van der Waals surface area contributed by atoms with Crippen molar-refractivity contribution in [3.05, 3.63) is 59.7 Å². The van der Waals surface area contributed by atoms with Crippen molar-refractivity contribution in [3.8, 4) is 5.75 Å². The number of fused-ring (bicyclic) bond motifs is 1. The van der Waals surface area contributed by atoms with Gasteiger partial charge >= 0.3 is 0 Å². The van der Waals surface area contributed by atoms with E-state index in [1.807, 2.05) is 36.0 Å². The van der Waals surface area contributed by atoms with Crippen LogP contribution in [0.5, 0.6) is 5.75 Å². The topological polar surface area (TPSA) is 35.2 Å². The first-order valence-electron chi connectivity index (χ1n) is 6.51. The molecule has 3 heteroatoms. The van der Waals surface area contributed by atoms with E-state index in [1.165, 1.54) is 10.5 Å². The highest BCUT2D eigenvalue weighted by molar-refractivity contribution is 8.00. The standard InChI is InChI=1S/C16H17NOS/c17-10-12-5-7-14(8-6-12)18-11-15-9-13-3-1-2-4-16(13)19-15/h1-8,15H,9-11,17H2. The van der Waals surface area contributed by atoms with Crippen molar-refractivity contribution in [2.75, 3.05) is 6.61 Å². The van der Waals surface area contributed by atoms with Gasteiger partial charge in [-0.25, -0.2) is 0 Å². The van der Waals surface area contributed by atoms with E-state index >= 15 is 0 Å². The second-order valence-electron chi connectivity index (χ2n) is 4.71. The van der Waals surface area contributed by atoms with Crippen LogP contribution >= 0.6 is 11.8 Å². The third-order valence-electron chi connectivity index (χ3n) is 3.31. The fraction of sp³-hybridized carbons (Fsp3) is 0.250. The fourth-order valence-corrected chi connectivity index (χ4v) is 3.48. The quantitative estimate of drug-likeness (QED) is 0.927. The van der Waals surface area contributed by atoms with Crippen molar-refractivity contribution in [3.63, 3.8) is 0 Å². The van der Waals surface area contributed by atoms with E-state index in [1.54, 1.807) is 0 Å². The Morgan fingerprint density at radius 2 is 1.89 bits per heavy atom. The van der Waals surface area contributed by atoms with Crippen LogP contribution in [-0.2, 0) is 13.0 Å². The van der Waals surface area contributed by atoms with Crippen molar-refractivity contribution in [1.82, 2.24) is 0 Å². The highest BCUT2D eigenvalue weighted by atomic mass is 32.2. The lowest BCUT2D eigenvalue weighted by Crippen LogP contribution is -2.13. The Balaban J connectivity index is 1.56. The van der Waals surface area contributed by atoms with Crippen LogP contribution in [0.3, 0.4) is 0 Å². The number of benzene rings is 2. The molecule has 1 atom stereocenters. The summed E-state index contributed by atoms with van der Waals surface area (Å²) in [6, 6.07) is 16.6. The monoisotopic (exact) mass is 271 g/mol. The predicted molar refractivity (Wildman–Crippen MR) is 79.6 cm³/mol. The molecule has 0 radical (unpaired) electrons. The Morgan fingerprint density at radius 3 is 2.63 bits per heavy atom. The van der Waals surface area contributed by atoms with Crippen molar-refractivity contribution >= 4 is 11.8 Å². The summed E-state index contributed by atoms with van der Waals surface area (Å²) in [7, 11) is 0. The Kier molecular flexibility index (Phi) is 3.76. The van der Waals surface area contributed by atoms with Gasteiger partial charge in [0.2, 0.25) is 0 Å². The average molecular weight is 271 g/mol. The molecule has 0 spiro atoms. The van der Waals surface area contributed by atoms with Crippen molar-refractivity contribution < 1.29 is 4.74 Å². The molecule has 0 saturated carbocycles. The molecule has 1 heterocycles. The van der Waals surface area contributed by atoms with Crippen LogP contribution in [-0.4, -0.2) is 11.9 Å². The van der Waals surface area contributed by atoms with Crippen LogP contribution in [0.2, 0.25) is 0 Å². The lowest BCUT2D eigenvalue weighted by Gasteiger charge is -2.11.